The van der Waals surface area contributed by atoms with E-state index in [-0.39, 0.29) is 18.3 Å². The fraction of sp³-hybridized carbons (Fsp3) is 0.667. The van der Waals surface area contributed by atoms with Gasteiger partial charge in [-0.15, -0.1) is 23.7 Å². The maximum atomic E-state index is 12.6. The van der Waals surface area contributed by atoms with Crippen molar-refractivity contribution in [2.75, 3.05) is 33.2 Å². The highest BCUT2D eigenvalue weighted by molar-refractivity contribution is 7.91. The number of nitrogens with zero attached hydrogens (tertiary/aromatic N) is 5. The van der Waals surface area contributed by atoms with Crippen molar-refractivity contribution >= 4 is 39.7 Å². The summed E-state index contributed by atoms with van der Waals surface area (Å²) in [6.07, 6.45) is 6.66. The van der Waals surface area contributed by atoms with Gasteiger partial charge in [0.2, 0.25) is 11.8 Å². The number of rotatable bonds is 8. The molecule has 2 aromatic rings. The molecule has 0 atom stereocenters. The molecule has 2 fully saturated rings. The smallest absolute Gasteiger partial charge is 0.252 e. The number of halogens is 1. The largest absolute Gasteiger partial charge is 0.343 e. The molecule has 0 bridgehead atoms. The molecular weight excluding hydrogens is 486 g/mol. The predicted molar refractivity (Wildman–Crippen MR) is 128 cm³/mol. The first-order valence-electron chi connectivity index (χ1n) is 11.3. The monoisotopic (exact) mass is 517 g/mol. The number of thiophene rings is 1. The lowest BCUT2D eigenvalue weighted by molar-refractivity contribution is -0.132. The SMILES string of the molecule is CN(C(=O)CCc1nc(CN2CCN(S(=O)(=O)c3cccs3)CC2)no1)C1CCCCC1.Cl. The zero-order chi connectivity index (χ0) is 22.6. The topological polar surface area (TPSA) is 99.9 Å². The highest BCUT2D eigenvalue weighted by Crippen LogP contribution is 2.23. The van der Waals surface area contributed by atoms with Gasteiger partial charge in [-0.2, -0.15) is 9.29 Å². The Kier molecular flexibility index (Phi) is 9.28. The van der Waals surface area contributed by atoms with Crippen LogP contribution in [0, 0.1) is 0 Å². The average Bonchev–Trinajstić information content (AvgIpc) is 3.51. The van der Waals surface area contributed by atoms with Gasteiger partial charge in [0, 0.05) is 52.1 Å². The van der Waals surface area contributed by atoms with E-state index in [1.807, 2.05) is 11.9 Å². The lowest BCUT2D eigenvalue weighted by Gasteiger charge is -2.32. The fourth-order valence-corrected chi connectivity index (χ4v) is 6.95. The van der Waals surface area contributed by atoms with E-state index in [1.165, 1.54) is 34.9 Å². The van der Waals surface area contributed by atoms with Crippen molar-refractivity contribution in [3.8, 4) is 0 Å². The third kappa shape index (κ3) is 6.54. The van der Waals surface area contributed by atoms with E-state index in [2.05, 4.69) is 15.0 Å². The first-order chi connectivity index (χ1) is 15.4. The molecule has 0 spiro atoms. The molecule has 1 aliphatic heterocycles. The highest BCUT2D eigenvalue weighted by Gasteiger charge is 2.29. The summed E-state index contributed by atoms with van der Waals surface area (Å²) in [5.74, 6) is 1.17. The van der Waals surface area contributed by atoms with Crippen LogP contribution in [0.4, 0.5) is 0 Å². The average molecular weight is 518 g/mol. The number of aryl methyl sites for hydroxylation is 1. The lowest BCUT2D eigenvalue weighted by atomic mass is 9.94. The molecule has 1 amide bonds. The van der Waals surface area contributed by atoms with Crippen LogP contribution in [0.5, 0.6) is 0 Å². The predicted octanol–water partition coefficient (Wildman–Crippen LogP) is 2.78. The zero-order valence-corrected chi connectivity index (χ0v) is 21.3. The maximum absolute atomic E-state index is 12.6. The molecule has 0 aromatic carbocycles. The van der Waals surface area contributed by atoms with Crippen LogP contribution in [0.15, 0.2) is 26.2 Å². The Bertz CT molecular complexity index is 984. The van der Waals surface area contributed by atoms with Crippen molar-refractivity contribution in [1.29, 1.82) is 0 Å². The van der Waals surface area contributed by atoms with Crippen LogP contribution in [0.1, 0.15) is 50.2 Å². The van der Waals surface area contributed by atoms with Crippen LogP contribution < -0.4 is 0 Å². The minimum absolute atomic E-state index is 0. The number of aromatic nitrogens is 2. The highest BCUT2D eigenvalue weighted by atomic mass is 35.5. The van der Waals surface area contributed by atoms with Crippen molar-refractivity contribution in [3.63, 3.8) is 0 Å². The second-order valence-electron chi connectivity index (χ2n) is 8.51. The van der Waals surface area contributed by atoms with Gasteiger partial charge in [-0.1, -0.05) is 30.5 Å². The first-order valence-corrected chi connectivity index (χ1v) is 13.6. The molecule has 12 heteroatoms. The van der Waals surface area contributed by atoms with Crippen LogP contribution in [0.3, 0.4) is 0 Å². The summed E-state index contributed by atoms with van der Waals surface area (Å²) >= 11 is 1.24. The van der Waals surface area contributed by atoms with Crippen molar-refractivity contribution < 1.29 is 17.7 Å². The van der Waals surface area contributed by atoms with Crippen LogP contribution in [-0.4, -0.2) is 77.8 Å². The van der Waals surface area contributed by atoms with Crippen LogP contribution in [0.2, 0.25) is 0 Å². The number of sulfonamides is 1. The molecule has 184 valence electrons. The van der Waals surface area contributed by atoms with Crippen LogP contribution in [0.25, 0.3) is 0 Å². The summed E-state index contributed by atoms with van der Waals surface area (Å²) in [4.78, 5) is 21.0. The van der Waals surface area contributed by atoms with E-state index >= 15 is 0 Å². The molecule has 1 saturated heterocycles. The van der Waals surface area contributed by atoms with Gasteiger partial charge in [0.05, 0.1) is 6.54 Å². The van der Waals surface area contributed by atoms with Crippen molar-refractivity contribution in [1.82, 2.24) is 24.2 Å². The standard InChI is InChI=1S/C21H31N5O4S2.ClH/c1-24(17-6-3-2-4-7-17)20(27)10-9-19-22-18(23-30-19)16-25-11-13-26(14-12-25)32(28,29)21-8-5-15-31-21;/h5,8,15,17H,2-4,6-7,9-14,16H2,1H3;1H. The molecule has 33 heavy (non-hydrogen) atoms. The maximum Gasteiger partial charge on any atom is 0.252 e. The number of hydrogen-bond donors (Lipinski definition) is 0. The molecule has 0 N–H and O–H groups in total. The summed E-state index contributed by atoms with van der Waals surface area (Å²) in [6.45, 7) is 2.60. The number of carbonyl (C=O) groups excluding carboxylic acids is 1. The Morgan fingerprint density at radius 1 is 1.21 bits per heavy atom. The minimum Gasteiger partial charge on any atom is -0.343 e. The summed E-state index contributed by atoms with van der Waals surface area (Å²) < 4.78 is 32.5. The summed E-state index contributed by atoms with van der Waals surface area (Å²) in [7, 11) is -1.50. The molecule has 3 heterocycles. The van der Waals surface area contributed by atoms with Gasteiger partial charge in [0.25, 0.3) is 10.0 Å². The summed E-state index contributed by atoms with van der Waals surface area (Å²) in [5, 5.41) is 5.82. The van der Waals surface area contributed by atoms with Crippen molar-refractivity contribution in [2.24, 2.45) is 0 Å². The Morgan fingerprint density at radius 2 is 1.94 bits per heavy atom. The molecule has 0 unspecified atom stereocenters. The van der Waals surface area contributed by atoms with Gasteiger partial charge in [-0.05, 0) is 24.3 Å². The summed E-state index contributed by atoms with van der Waals surface area (Å²) in [6, 6.07) is 3.76. The van der Waals surface area contributed by atoms with E-state index in [9.17, 15) is 13.2 Å². The minimum atomic E-state index is -3.40. The Hall–Kier alpha value is -1.53. The number of piperazine rings is 1. The number of hydrogen-bond acceptors (Lipinski definition) is 8. The molecule has 0 radical (unpaired) electrons. The fourth-order valence-electron chi connectivity index (χ4n) is 4.38. The number of carbonyl (C=O) groups is 1. The molecule has 2 aliphatic rings. The number of amides is 1. The molecule has 4 rings (SSSR count). The van der Waals surface area contributed by atoms with Gasteiger partial charge >= 0.3 is 0 Å². The van der Waals surface area contributed by atoms with Crippen LogP contribution in [-0.2, 0) is 27.8 Å². The lowest BCUT2D eigenvalue weighted by Crippen LogP contribution is -2.48. The van der Waals surface area contributed by atoms with Crippen molar-refractivity contribution in [3.05, 3.63) is 29.2 Å². The summed E-state index contributed by atoms with van der Waals surface area (Å²) in [5.41, 5.74) is 0. The van der Waals surface area contributed by atoms with E-state index < -0.39 is 10.0 Å². The van der Waals surface area contributed by atoms with Gasteiger partial charge in [-0.25, -0.2) is 8.42 Å². The second kappa shape index (κ2) is 11.7. The van der Waals surface area contributed by atoms with Gasteiger partial charge in [0.15, 0.2) is 5.82 Å². The molecule has 1 saturated carbocycles. The van der Waals surface area contributed by atoms with E-state index in [4.69, 9.17) is 4.52 Å². The van der Waals surface area contributed by atoms with Gasteiger partial charge < -0.3 is 9.42 Å². The van der Waals surface area contributed by atoms with Crippen LogP contribution >= 0.6 is 23.7 Å². The molecular formula is C21H32ClN5O4S2. The van der Waals surface area contributed by atoms with E-state index in [1.54, 1.807) is 17.5 Å². The van der Waals surface area contributed by atoms with Gasteiger partial charge in [-0.3, -0.25) is 9.69 Å². The second-order valence-corrected chi connectivity index (χ2v) is 11.6. The third-order valence-corrected chi connectivity index (χ3v) is 9.64. The van der Waals surface area contributed by atoms with Crippen molar-refractivity contribution in [2.45, 2.75) is 61.7 Å². The normalized spacial score (nSPS) is 18.7. The molecule has 1 aliphatic carbocycles. The van der Waals surface area contributed by atoms with Gasteiger partial charge in [0.1, 0.15) is 4.21 Å². The quantitative estimate of drug-likeness (QED) is 0.530. The molecule has 2 aromatic heterocycles. The van der Waals surface area contributed by atoms with E-state index in [0.29, 0.717) is 67.5 Å². The molecule has 9 nitrogen and oxygen atoms in total. The Balaban J connectivity index is 0.00000306. The first kappa shape index (κ1) is 26.1. The Morgan fingerprint density at radius 3 is 2.61 bits per heavy atom. The van der Waals surface area contributed by atoms with E-state index in [0.717, 1.165) is 12.8 Å². The Labute approximate surface area is 205 Å². The third-order valence-electron chi connectivity index (χ3n) is 6.36. The zero-order valence-electron chi connectivity index (χ0n) is 18.9.